The molecule has 120 valence electrons. The molecule has 0 saturated heterocycles. The summed E-state index contributed by atoms with van der Waals surface area (Å²) in [5, 5.41) is 16.0. The Kier molecular flexibility index (Phi) is 5.96. The highest BCUT2D eigenvalue weighted by Gasteiger charge is 2.20. The molecule has 0 atom stereocenters. The molecule has 0 aromatic carbocycles. The van der Waals surface area contributed by atoms with E-state index in [9.17, 15) is 5.11 Å². The van der Waals surface area contributed by atoms with Gasteiger partial charge in [0.2, 0.25) is 0 Å². The lowest BCUT2D eigenvalue weighted by molar-refractivity contribution is 0.170. The number of aliphatic hydroxyl groups excluding tert-OH is 1. The Labute approximate surface area is 128 Å². The molecular formula is C16H30N4O. The summed E-state index contributed by atoms with van der Waals surface area (Å²) >= 11 is 0. The molecule has 0 unspecified atom stereocenters. The van der Waals surface area contributed by atoms with Crippen LogP contribution in [0.5, 0.6) is 0 Å². The van der Waals surface area contributed by atoms with E-state index in [1.165, 1.54) is 0 Å². The van der Waals surface area contributed by atoms with Crippen molar-refractivity contribution in [1.29, 1.82) is 0 Å². The van der Waals surface area contributed by atoms with Gasteiger partial charge in [-0.1, -0.05) is 41.5 Å². The molecule has 0 saturated carbocycles. The molecule has 0 fully saturated rings. The molecule has 3 N–H and O–H groups in total. The van der Waals surface area contributed by atoms with E-state index >= 15 is 0 Å². The predicted molar refractivity (Wildman–Crippen MR) is 88.9 cm³/mol. The van der Waals surface area contributed by atoms with Crippen molar-refractivity contribution >= 4 is 11.6 Å². The van der Waals surface area contributed by atoms with Crippen LogP contribution in [0.3, 0.4) is 0 Å². The number of nitrogens with zero attached hydrogens (tertiary/aromatic N) is 2. The number of aromatic nitrogens is 2. The topological polar surface area (TPSA) is 70.1 Å². The molecule has 0 bridgehead atoms. The van der Waals surface area contributed by atoms with Crippen molar-refractivity contribution < 1.29 is 5.11 Å². The van der Waals surface area contributed by atoms with Gasteiger partial charge in [-0.15, -0.1) is 0 Å². The van der Waals surface area contributed by atoms with E-state index in [2.05, 4.69) is 48.3 Å². The highest BCUT2D eigenvalue weighted by atomic mass is 16.3. The van der Waals surface area contributed by atoms with E-state index in [-0.39, 0.29) is 17.4 Å². The second-order valence-corrected chi connectivity index (χ2v) is 7.31. The zero-order chi connectivity index (χ0) is 16.1. The van der Waals surface area contributed by atoms with Gasteiger partial charge in [0.15, 0.2) is 0 Å². The molecule has 1 aromatic heterocycles. The van der Waals surface area contributed by atoms with E-state index in [0.29, 0.717) is 6.54 Å². The van der Waals surface area contributed by atoms with Crippen LogP contribution in [0.1, 0.15) is 53.8 Å². The third-order valence-corrected chi connectivity index (χ3v) is 3.13. The van der Waals surface area contributed by atoms with Gasteiger partial charge in [0.05, 0.1) is 0 Å². The van der Waals surface area contributed by atoms with Crippen LogP contribution >= 0.6 is 0 Å². The maximum Gasteiger partial charge on any atom is 0.138 e. The highest BCUT2D eigenvalue weighted by molar-refractivity contribution is 5.48. The molecule has 0 spiro atoms. The minimum absolute atomic E-state index is 0.104. The van der Waals surface area contributed by atoms with Crippen molar-refractivity contribution in [2.24, 2.45) is 5.41 Å². The van der Waals surface area contributed by atoms with E-state index in [4.69, 9.17) is 0 Å². The van der Waals surface area contributed by atoms with Crippen LogP contribution in [-0.4, -0.2) is 34.8 Å². The van der Waals surface area contributed by atoms with Crippen LogP contribution in [0.25, 0.3) is 0 Å². The second kappa shape index (κ2) is 7.07. The fourth-order valence-electron chi connectivity index (χ4n) is 1.60. The van der Waals surface area contributed by atoms with Crippen molar-refractivity contribution in [1.82, 2.24) is 9.97 Å². The van der Waals surface area contributed by atoms with Gasteiger partial charge in [0.25, 0.3) is 0 Å². The van der Waals surface area contributed by atoms with Gasteiger partial charge in [0.1, 0.15) is 17.5 Å². The Morgan fingerprint density at radius 3 is 2.10 bits per heavy atom. The molecule has 1 rings (SSSR count). The minimum Gasteiger partial charge on any atom is -0.396 e. The lowest BCUT2D eigenvalue weighted by Gasteiger charge is -2.24. The number of hydrogen-bond acceptors (Lipinski definition) is 5. The Balaban J connectivity index is 2.96. The molecule has 5 heteroatoms. The standard InChI is InChI=1S/C16H30N4O/c1-7-8-17-12-9-13(18-10-16(5,6)11-21)20-14(19-12)15(2,3)4/h9,21H,7-8,10-11H2,1-6H3,(H2,17,18,19,20). The van der Waals surface area contributed by atoms with E-state index in [1.807, 2.05) is 19.9 Å². The van der Waals surface area contributed by atoms with E-state index < -0.39 is 0 Å². The summed E-state index contributed by atoms with van der Waals surface area (Å²) in [5.41, 5.74) is -0.281. The molecule has 21 heavy (non-hydrogen) atoms. The van der Waals surface area contributed by atoms with Crippen LogP contribution in [0.15, 0.2) is 6.07 Å². The molecular weight excluding hydrogens is 264 g/mol. The summed E-state index contributed by atoms with van der Waals surface area (Å²) in [4.78, 5) is 9.20. The summed E-state index contributed by atoms with van der Waals surface area (Å²) in [6, 6.07) is 1.93. The lowest BCUT2D eigenvalue weighted by atomic mass is 9.95. The van der Waals surface area contributed by atoms with Crippen molar-refractivity contribution in [2.75, 3.05) is 30.3 Å². The van der Waals surface area contributed by atoms with Crippen molar-refractivity contribution in [3.8, 4) is 0 Å². The zero-order valence-electron chi connectivity index (χ0n) is 14.2. The van der Waals surface area contributed by atoms with Gasteiger partial charge >= 0.3 is 0 Å². The van der Waals surface area contributed by atoms with Gasteiger partial charge in [-0.3, -0.25) is 0 Å². The molecule has 0 aliphatic rings. The van der Waals surface area contributed by atoms with Gasteiger partial charge in [-0.2, -0.15) is 0 Å². The summed E-state index contributed by atoms with van der Waals surface area (Å²) in [6.45, 7) is 14.2. The molecule has 0 amide bonds. The monoisotopic (exact) mass is 294 g/mol. The first kappa shape index (κ1) is 17.7. The van der Waals surface area contributed by atoms with Crippen molar-refractivity contribution in [3.63, 3.8) is 0 Å². The van der Waals surface area contributed by atoms with Crippen molar-refractivity contribution in [2.45, 2.75) is 53.4 Å². The van der Waals surface area contributed by atoms with E-state index in [0.717, 1.165) is 30.4 Å². The maximum atomic E-state index is 9.34. The molecule has 5 nitrogen and oxygen atoms in total. The van der Waals surface area contributed by atoms with Crippen LogP contribution in [0.2, 0.25) is 0 Å². The zero-order valence-corrected chi connectivity index (χ0v) is 14.2. The predicted octanol–water partition coefficient (Wildman–Crippen LogP) is 3.03. The number of hydrogen-bond donors (Lipinski definition) is 3. The number of anilines is 2. The van der Waals surface area contributed by atoms with Gasteiger partial charge in [0, 0.05) is 36.6 Å². The fourth-order valence-corrected chi connectivity index (χ4v) is 1.60. The summed E-state index contributed by atoms with van der Waals surface area (Å²) < 4.78 is 0. The van der Waals surface area contributed by atoms with Crippen LogP contribution in [-0.2, 0) is 5.41 Å². The Bertz CT molecular complexity index is 452. The average Bonchev–Trinajstić information content (AvgIpc) is 2.42. The highest BCUT2D eigenvalue weighted by Crippen LogP contribution is 2.23. The smallest absolute Gasteiger partial charge is 0.138 e. The van der Waals surface area contributed by atoms with Gasteiger partial charge in [-0.05, 0) is 6.42 Å². The first-order chi connectivity index (χ1) is 9.68. The molecule has 1 aromatic rings. The van der Waals surface area contributed by atoms with Gasteiger partial charge in [-0.25, -0.2) is 9.97 Å². The second-order valence-electron chi connectivity index (χ2n) is 7.31. The van der Waals surface area contributed by atoms with Crippen molar-refractivity contribution in [3.05, 3.63) is 11.9 Å². The first-order valence-corrected chi connectivity index (χ1v) is 7.66. The Morgan fingerprint density at radius 2 is 1.62 bits per heavy atom. The van der Waals surface area contributed by atoms with Gasteiger partial charge < -0.3 is 15.7 Å². The SMILES string of the molecule is CCCNc1cc(NCC(C)(C)CO)nc(C(C)(C)C)n1. The number of nitrogens with one attached hydrogen (secondary N) is 2. The first-order valence-electron chi connectivity index (χ1n) is 7.66. The minimum atomic E-state index is -0.177. The third-order valence-electron chi connectivity index (χ3n) is 3.13. The fraction of sp³-hybridized carbons (Fsp3) is 0.750. The maximum absolute atomic E-state index is 9.34. The molecule has 0 aliphatic heterocycles. The van der Waals surface area contributed by atoms with Crippen LogP contribution in [0.4, 0.5) is 11.6 Å². The summed E-state index contributed by atoms with van der Waals surface area (Å²) in [5.74, 6) is 2.46. The lowest BCUT2D eigenvalue weighted by Crippen LogP contribution is -2.27. The molecule has 0 aliphatic carbocycles. The number of rotatable bonds is 7. The number of aliphatic hydroxyl groups is 1. The Morgan fingerprint density at radius 1 is 1.05 bits per heavy atom. The quantitative estimate of drug-likeness (QED) is 0.721. The average molecular weight is 294 g/mol. The summed E-state index contributed by atoms with van der Waals surface area (Å²) in [6.07, 6.45) is 1.05. The molecule has 1 heterocycles. The Hall–Kier alpha value is -1.36. The molecule has 0 radical (unpaired) electrons. The summed E-state index contributed by atoms with van der Waals surface area (Å²) in [7, 11) is 0. The van der Waals surface area contributed by atoms with E-state index in [1.54, 1.807) is 0 Å². The van der Waals surface area contributed by atoms with Crippen LogP contribution in [0, 0.1) is 5.41 Å². The largest absolute Gasteiger partial charge is 0.396 e. The normalized spacial score (nSPS) is 12.3. The van der Waals surface area contributed by atoms with Crippen LogP contribution < -0.4 is 10.6 Å². The third kappa shape index (κ3) is 5.87.